The summed E-state index contributed by atoms with van der Waals surface area (Å²) < 4.78 is 24.6. The molecule has 124 valence electrons. The lowest BCUT2D eigenvalue weighted by Crippen LogP contribution is -2.38. The zero-order chi connectivity index (χ0) is 16.5. The maximum atomic E-state index is 12.2. The average Bonchev–Trinajstić information content (AvgIpc) is 3.13. The number of hydrogen-bond donors (Lipinski definition) is 1. The Hall–Kier alpha value is -2.00. The Bertz CT molecular complexity index is 734. The molecule has 2 aliphatic heterocycles. The van der Waals surface area contributed by atoms with E-state index in [1.165, 1.54) is 10.6 Å². The molecule has 0 unspecified atom stereocenters. The fraction of sp³-hybridized carbons (Fsp3) is 0.500. The van der Waals surface area contributed by atoms with Crippen LogP contribution in [0.1, 0.15) is 18.4 Å². The van der Waals surface area contributed by atoms with Crippen LogP contribution in [0.3, 0.4) is 0 Å². The number of carbonyl (C=O) groups is 1. The number of nitrogens with zero attached hydrogens (tertiary/aromatic N) is 3. The van der Waals surface area contributed by atoms with Crippen LogP contribution in [0.5, 0.6) is 0 Å². The first-order valence-corrected chi connectivity index (χ1v) is 9.10. The summed E-state index contributed by atoms with van der Waals surface area (Å²) in [7, 11) is -3.26. The molecule has 3 heterocycles. The van der Waals surface area contributed by atoms with E-state index < -0.39 is 15.6 Å². The number of sulfonamides is 1. The third-order valence-corrected chi connectivity index (χ3v) is 5.28. The zero-order valence-corrected chi connectivity index (χ0v) is 13.5. The molecule has 1 fully saturated rings. The number of pyridine rings is 1. The summed E-state index contributed by atoms with van der Waals surface area (Å²) >= 11 is 0. The van der Waals surface area contributed by atoms with E-state index in [1.54, 1.807) is 18.5 Å². The van der Waals surface area contributed by atoms with Crippen LogP contribution in [0.2, 0.25) is 0 Å². The van der Waals surface area contributed by atoms with E-state index in [0.717, 1.165) is 5.56 Å². The van der Waals surface area contributed by atoms with E-state index in [0.29, 0.717) is 31.6 Å². The molecule has 0 bridgehead atoms. The molecule has 1 N–H and O–H groups in total. The first-order valence-electron chi connectivity index (χ1n) is 7.25. The van der Waals surface area contributed by atoms with Gasteiger partial charge in [-0.15, -0.1) is 0 Å². The van der Waals surface area contributed by atoms with Gasteiger partial charge in [0.25, 0.3) is 5.91 Å². The second kappa shape index (κ2) is 5.89. The molecule has 1 aromatic heterocycles. The van der Waals surface area contributed by atoms with Crippen molar-refractivity contribution in [1.29, 1.82) is 0 Å². The van der Waals surface area contributed by atoms with Crippen molar-refractivity contribution in [1.82, 2.24) is 14.6 Å². The summed E-state index contributed by atoms with van der Waals surface area (Å²) in [6, 6.07) is 3.66. The molecule has 2 aliphatic rings. The van der Waals surface area contributed by atoms with Crippen molar-refractivity contribution in [3.63, 3.8) is 0 Å². The number of carbonyl (C=O) groups excluding carboxylic acids is 1. The van der Waals surface area contributed by atoms with Gasteiger partial charge in [0.1, 0.15) is 5.71 Å². The van der Waals surface area contributed by atoms with Gasteiger partial charge < -0.3 is 10.2 Å². The third kappa shape index (κ3) is 3.50. The van der Waals surface area contributed by atoms with Gasteiger partial charge in [-0.2, -0.15) is 4.31 Å². The Morgan fingerprint density at radius 1 is 1.52 bits per heavy atom. The minimum atomic E-state index is -3.26. The highest BCUT2D eigenvalue weighted by atomic mass is 32.2. The van der Waals surface area contributed by atoms with Crippen LogP contribution in [0.25, 0.3) is 0 Å². The highest BCUT2D eigenvalue weighted by molar-refractivity contribution is 7.88. The van der Waals surface area contributed by atoms with Crippen LogP contribution >= 0.6 is 0 Å². The Labute approximate surface area is 134 Å². The van der Waals surface area contributed by atoms with E-state index in [1.807, 2.05) is 6.07 Å². The van der Waals surface area contributed by atoms with Crippen molar-refractivity contribution < 1.29 is 18.0 Å². The lowest BCUT2D eigenvalue weighted by atomic mass is 9.96. The average molecular weight is 338 g/mol. The van der Waals surface area contributed by atoms with E-state index in [-0.39, 0.29) is 12.5 Å². The molecule has 9 heteroatoms. The SMILES string of the molecule is CS(=O)(=O)N1CC[C@]2(CC(C(=O)NCc3cccnc3)=NO2)C1. The van der Waals surface area contributed by atoms with Gasteiger partial charge in [-0.3, -0.25) is 9.78 Å². The topological polar surface area (TPSA) is 101 Å². The lowest BCUT2D eigenvalue weighted by Gasteiger charge is -2.20. The number of aromatic nitrogens is 1. The van der Waals surface area contributed by atoms with Crippen molar-refractivity contribution in [3.05, 3.63) is 30.1 Å². The smallest absolute Gasteiger partial charge is 0.269 e. The summed E-state index contributed by atoms with van der Waals surface area (Å²) in [4.78, 5) is 21.6. The molecule has 1 atom stereocenters. The lowest BCUT2D eigenvalue weighted by molar-refractivity contribution is -0.115. The first-order chi connectivity index (χ1) is 10.9. The van der Waals surface area contributed by atoms with Crippen LogP contribution in [0, 0.1) is 0 Å². The number of rotatable bonds is 4. The number of amides is 1. The van der Waals surface area contributed by atoms with Gasteiger partial charge in [0, 0.05) is 38.3 Å². The minimum absolute atomic E-state index is 0.231. The zero-order valence-electron chi connectivity index (χ0n) is 12.7. The third-order valence-electron chi connectivity index (χ3n) is 4.03. The number of nitrogens with one attached hydrogen (secondary N) is 1. The van der Waals surface area contributed by atoms with Crippen molar-refractivity contribution in [2.45, 2.75) is 25.0 Å². The van der Waals surface area contributed by atoms with E-state index in [9.17, 15) is 13.2 Å². The molecule has 3 rings (SSSR count). The van der Waals surface area contributed by atoms with Gasteiger partial charge in [-0.1, -0.05) is 11.2 Å². The van der Waals surface area contributed by atoms with Gasteiger partial charge in [0.05, 0.1) is 12.8 Å². The molecule has 0 aromatic carbocycles. The second-order valence-electron chi connectivity index (χ2n) is 5.88. The second-order valence-corrected chi connectivity index (χ2v) is 7.86. The molecule has 1 saturated heterocycles. The van der Waals surface area contributed by atoms with Gasteiger partial charge in [-0.25, -0.2) is 8.42 Å². The molecule has 0 aliphatic carbocycles. The van der Waals surface area contributed by atoms with Gasteiger partial charge in [-0.05, 0) is 11.6 Å². The van der Waals surface area contributed by atoms with E-state index >= 15 is 0 Å². The molecule has 23 heavy (non-hydrogen) atoms. The summed E-state index contributed by atoms with van der Waals surface area (Å²) in [5, 5.41) is 6.63. The van der Waals surface area contributed by atoms with Crippen molar-refractivity contribution in [3.8, 4) is 0 Å². The fourth-order valence-electron chi connectivity index (χ4n) is 2.74. The standard InChI is InChI=1S/C14H18N4O4S/c1-23(20,21)18-6-4-14(10-18)7-12(17-22-14)13(19)16-9-11-3-2-5-15-8-11/h2-3,5,8H,4,6-7,9-10H2,1H3,(H,16,19)/t14-/m0/s1. The molecule has 1 amide bonds. The largest absolute Gasteiger partial charge is 0.387 e. The Kier molecular flexibility index (Phi) is 4.07. The first kappa shape index (κ1) is 15.9. The predicted molar refractivity (Wildman–Crippen MR) is 83.0 cm³/mol. The molecule has 1 aromatic rings. The van der Waals surface area contributed by atoms with Gasteiger partial charge >= 0.3 is 0 Å². The van der Waals surface area contributed by atoms with Crippen LogP contribution in [0.15, 0.2) is 29.7 Å². The summed E-state index contributed by atoms with van der Waals surface area (Å²) in [5.41, 5.74) is 0.479. The molecule has 0 radical (unpaired) electrons. The predicted octanol–water partition coefficient (Wildman–Crippen LogP) is -0.122. The van der Waals surface area contributed by atoms with Crippen LogP contribution in [-0.4, -0.2) is 54.3 Å². The molecular formula is C14H18N4O4S. The van der Waals surface area contributed by atoms with Gasteiger partial charge in [0.15, 0.2) is 5.60 Å². The van der Waals surface area contributed by atoms with E-state index in [2.05, 4.69) is 15.5 Å². The Morgan fingerprint density at radius 2 is 2.35 bits per heavy atom. The monoisotopic (exact) mass is 338 g/mol. The molecule has 0 saturated carbocycles. The highest BCUT2D eigenvalue weighted by Crippen LogP contribution is 2.34. The number of oxime groups is 1. The summed E-state index contributed by atoms with van der Waals surface area (Å²) in [6.45, 7) is 0.974. The molecule has 8 nitrogen and oxygen atoms in total. The highest BCUT2D eigenvalue weighted by Gasteiger charge is 2.48. The van der Waals surface area contributed by atoms with Crippen molar-refractivity contribution in [2.24, 2.45) is 5.16 Å². The maximum absolute atomic E-state index is 12.2. The fourth-order valence-corrected chi connectivity index (χ4v) is 3.63. The maximum Gasteiger partial charge on any atom is 0.269 e. The van der Waals surface area contributed by atoms with Crippen LogP contribution < -0.4 is 5.32 Å². The normalized spacial score (nSPS) is 24.5. The van der Waals surface area contributed by atoms with Crippen LogP contribution in [-0.2, 0) is 26.2 Å². The number of hydrogen-bond acceptors (Lipinski definition) is 6. The minimum Gasteiger partial charge on any atom is -0.387 e. The van der Waals surface area contributed by atoms with E-state index in [4.69, 9.17) is 4.84 Å². The Morgan fingerprint density at radius 3 is 3.00 bits per heavy atom. The van der Waals surface area contributed by atoms with Crippen molar-refractivity contribution in [2.75, 3.05) is 19.3 Å². The quantitative estimate of drug-likeness (QED) is 0.825. The Balaban J connectivity index is 1.56. The summed E-state index contributed by atoms with van der Waals surface area (Å²) in [6.07, 6.45) is 5.36. The van der Waals surface area contributed by atoms with Gasteiger partial charge in [0.2, 0.25) is 10.0 Å². The molecular weight excluding hydrogens is 320 g/mol. The van der Waals surface area contributed by atoms with Crippen molar-refractivity contribution >= 4 is 21.6 Å². The van der Waals surface area contributed by atoms with Crippen LogP contribution in [0.4, 0.5) is 0 Å². The molecule has 1 spiro atoms. The summed E-state index contributed by atoms with van der Waals surface area (Å²) in [5.74, 6) is -0.302.